The number of nitrogens with one attached hydrogen (secondary N) is 1. The Morgan fingerprint density at radius 1 is 1.23 bits per heavy atom. The van der Waals surface area contributed by atoms with Crippen molar-refractivity contribution in [1.82, 2.24) is 5.32 Å². The highest BCUT2D eigenvalue weighted by Crippen LogP contribution is 2.59. The molecule has 4 fully saturated rings. The Hall–Kier alpha value is -1.51. The van der Waals surface area contributed by atoms with Crippen LogP contribution in [0.3, 0.4) is 0 Å². The number of rotatable bonds is 4. The molecule has 1 aromatic rings. The number of hydrogen-bond donors (Lipinski definition) is 1. The highest BCUT2D eigenvalue weighted by Gasteiger charge is 2.50. The number of carbonyl (C=O) groups is 1. The Kier molecular flexibility index (Phi) is 3.39. The van der Waals surface area contributed by atoms with Crippen molar-refractivity contribution < 1.29 is 9.21 Å². The quantitative estimate of drug-likeness (QED) is 0.856. The van der Waals surface area contributed by atoms with E-state index >= 15 is 0 Å². The molecule has 3 nitrogen and oxygen atoms in total. The SMILES string of the molecule is Cc1ccc(/C=C/C(=O)NCC23CC4CC(CC(C4)C2)C3)o1. The van der Waals surface area contributed by atoms with Crippen LogP contribution >= 0.6 is 0 Å². The number of furan rings is 1. The largest absolute Gasteiger partial charge is 0.462 e. The zero-order chi connectivity index (χ0) is 15.2. The van der Waals surface area contributed by atoms with Gasteiger partial charge in [-0.25, -0.2) is 0 Å². The van der Waals surface area contributed by atoms with E-state index in [4.69, 9.17) is 4.42 Å². The normalized spacial score (nSPS) is 36.1. The summed E-state index contributed by atoms with van der Waals surface area (Å²) in [6, 6.07) is 3.80. The molecule has 1 N–H and O–H groups in total. The summed E-state index contributed by atoms with van der Waals surface area (Å²) in [5.41, 5.74) is 0.402. The summed E-state index contributed by atoms with van der Waals surface area (Å²) in [5, 5.41) is 3.15. The van der Waals surface area contributed by atoms with Crippen molar-refractivity contribution in [2.75, 3.05) is 6.54 Å². The summed E-state index contributed by atoms with van der Waals surface area (Å²) >= 11 is 0. The van der Waals surface area contributed by atoms with Gasteiger partial charge in [0.2, 0.25) is 5.91 Å². The van der Waals surface area contributed by atoms with Gasteiger partial charge >= 0.3 is 0 Å². The van der Waals surface area contributed by atoms with Crippen LogP contribution < -0.4 is 5.32 Å². The highest BCUT2D eigenvalue weighted by molar-refractivity contribution is 5.91. The topological polar surface area (TPSA) is 42.2 Å². The average molecular weight is 299 g/mol. The fourth-order valence-electron chi connectivity index (χ4n) is 5.54. The van der Waals surface area contributed by atoms with Crippen LogP contribution in [-0.2, 0) is 4.79 Å². The first-order chi connectivity index (χ1) is 10.6. The Morgan fingerprint density at radius 2 is 1.86 bits per heavy atom. The standard InChI is InChI=1S/C19H25NO2/c1-13-2-3-17(22-13)4-5-18(21)20-12-19-9-14-6-15(10-19)8-16(7-14)11-19/h2-5,14-16H,6-12H2,1H3,(H,20,21)/b5-4+. The van der Waals surface area contributed by atoms with E-state index in [0.717, 1.165) is 35.8 Å². The lowest BCUT2D eigenvalue weighted by Gasteiger charge is -2.56. The van der Waals surface area contributed by atoms with E-state index in [2.05, 4.69) is 5.32 Å². The monoisotopic (exact) mass is 299 g/mol. The van der Waals surface area contributed by atoms with Crippen molar-refractivity contribution >= 4 is 12.0 Å². The predicted molar refractivity (Wildman–Crippen MR) is 86.1 cm³/mol. The Bertz CT molecular complexity index is 563. The maximum atomic E-state index is 12.1. The first kappa shape index (κ1) is 14.1. The minimum Gasteiger partial charge on any atom is -0.462 e. The van der Waals surface area contributed by atoms with Gasteiger partial charge in [-0.1, -0.05) is 0 Å². The smallest absolute Gasteiger partial charge is 0.244 e. The summed E-state index contributed by atoms with van der Waals surface area (Å²) in [6.07, 6.45) is 11.7. The zero-order valence-electron chi connectivity index (χ0n) is 13.3. The third kappa shape index (κ3) is 2.73. The second kappa shape index (κ2) is 5.29. The molecule has 4 aliphatic carbocycles. The van der Waals surface area contributed by atoms with Crippen molar-refractivity contribution in [2.24, 2.45) is 23.2 Å². The molecule has 0 aromatic carbocycles. The van der Waals surface area contributed by atoms with Gasteiger partial charge in [-0.05, 0) is 86.8 Å². The van der Waals surface area contributed by atoms with Gasteiger partial charge in [-0.2, -0.15) is 0 Å². The molecule has 0 unspecified atom stereocenters. The summed E-state index contributed by atoms with van der Waals surface area (Å²) in [4.78, 5) is 12.1. The molecule has 5 rings (SSSR count). The van der Waals surface area contributed by atoms with Crippen molar-refractivity contribution in [1.29, 1.82) is 0 Å². The number of amides is 1. The van der Waals surface area contributed by atoms with Gasteiger partial charge in [-0.15, -0.1) is 0 Å². The lowest BCUT2D eigenvalue weighted by molar-refractivity contribution is -0.118. The minimum atomic E-state index is 0.00444. The van der Waals surface area contributed by atoms with E-state index in [9.17, 15) is 4.79 Å². The second-order valence-corrected chi connectivity index (χ2v) is 7.92. The van der Waals surface area contributed by atoms with Crippen LogP contribution in [-0.4, -0.2) is 12.5 Å². The predicted octanol–water partition coefficient (Wildman–Crippen LogP) is 3.93. The summed E-state index contributed by atoms with van der Waals surface area (Å²) < 4.78 is 5.45. The molecule has 4 bridgehead atoms. The van der Waals surface area contributed by atoms with Crippen LogP contribution in [0.1, 0.15) is 50.0 Å². The van der Waals surface area contributed by atoms with Gasteiger partial charge in [0.1, 0.15) is 11.5 Å². The number of carbonyl (C=O) groups excluding carboxylic acids is 1. The molecule has 0 atom stereocenters. The van der Waals surface area contributed by atoms with Crippen molar-refractivity contribution in [3.8, 4) is 0 Å². The van der Waals surface area contributed by atoms with Crippen LogP contribution in [0.15, 0.2) is 22.6 Å². The molecule has 0 radical (unpaired) electrons. The van der Waals surface area contributed by atoms with Crippen molar-refractivity contribution in [2.45, 2.75) is 45.4 Å². The molecule has 1 aromatic heterocycles. The van der Waals surface area contributed by atoms with Crippen LogP contribution in [0.25, 0.3) is 6.08 Å². The molecule has 22 heavy (non-hydrogen) atoms. The first-order valence-electron chi connectivity index (χ1n) is 8.63. The van der Waals surface area contributed by atoms with Gasteiger partial charge < -0.3 is 9.73 Å². The third-order valence-electron chi connectivity index (χ3n) is 5.96. The maximum Gasteiger partial charge on any atom is 0.244 e. The van der Waals surface area contributed by atoms with Gasteiger partial charge in [0, 0.05) is 12.6 Å². The van der Waals surface area contributed by atoms with E-state index in [0.29, 0.717) is 5.41 Å². The van der Waals surface area contributed by atoms with E-state index < -0.39 is 0 Å². The van der Waals surface area contributed by atoms with Gasteiger partial charge in [0.05, 0.1) is 0 Å². The van der Waals surface area contributed by atoms with Crippen LogP contribution in [0.4, 0.5) is 0 Å². The molecule has 3 heteroatoms. The fourth-order valence-corrected chi connectivity index (χ4v) is 5.54. The first-order valence-corrected chi connectivity index (χ1v) is 8.63. The number of hydrogen-bond acceptors (Lipinski definition) is 2. The number of aryl methyl sites for hydroxylation is 1. The fraction of sp³-hybridized carbons (Fsp3) is 0.632. The van der Waals surface area contributed by atoms with Gasteiger partial charge in [0.15, 0.2) is 0 Å². The molecule has 4 aliphatic rings. The van der Waals surface area contributed by atoms with Crippen LogP contribution in [0, 0.1) is 30.1 Å². The molecule has 0 saturated heterocycles. The lowest BCUT2D eigenvalue weighted by Crippen LogP contribution is -2.51. The highest BCUT2D eigenvalue weighted by atomic mass is 16.3. The summed E-state index contributed by atoms with van der Waals surface area (Å²) in [6.45, 7) is 2.77. The molecule has 1 amide bonds. The molecular weight excluding hydrogens is 274 g/mol. The Morgan fingerprint density at radius 3 is 2.41 bits per heavy atom. The van der Waals surface area contributed by atoms with Crippen molar-refractivity contribution in [3.05, 3.63) is 29.7 Å². The molecule has 0 aliphatic heterocycles. The van der Waals surface area contributed by atoms with Gasteiger partial charge in [0.25, 0.3) is 0 Å². The molecule has 1 heterocycles. The lowest BCUT2D eigenvalue weighted by atomic mass is 9.49. The molecular formula is C19H25NO2. The van der Waals surface area contributed by atoms with Gasteiger partial charge in [-0.3, -0.25) is 4.79 Å². The molecule has 0 spiro atoms. The maximum absolute atomic E-state index is 12.1. The average Bonchev–Trinajstić information content (AvgIpc) is 2.87. The summed E-state index contributed by atoms with van der Waals surface area (Å²) in [7, 11) is 0. The Labute approximate surface area is 132 Å². The van der Waals surface area contributed by atoms with Crippen LogP contribution in [0.5, 0.6) is 0 Å². The Balaban J connectivity index is 1.34. The molecule has 4 saturated carbocycles. The van der Waals surface area contributed by atoms with Crippen LogP contribution in [0.2, 0.25) is 0 Å². The van der Waals surface area contributed by atoms with E-state index in [1.54, 1.807) is 12.2 Å². The second-order valence-electron chi connectivity index (χ2n) is 7.92. The summed E-state index contributed by atoms with van der Waals surface area (Å²) in [5.74, 6) is 4.42. The third-order valence-corrected chi connectivity index (χ3v) is 5.96. The van der Waals surface area contributed by atoms with Crippen molar-refractivity contribution in [3.63, 3.8) is 0 Å². The van der Waals surface area contributed by atoms with E-state index in [1.165, 1.54) is 38.5 Å². The van der Waals surface area contributed by atoms with E-state index in [1.807, 2.05) is 19.1 Å². The molecule has 118 valence electrons. The minimum absolute atomic E-state index is 0.00444. The zero-order valence-corrected chi connectivity index (χ0v) is 13.3. The van der Waals surface area contributed by atoms with E-state index in [-0.39, 0.29) is 5.91 Å².